The van der Waals surface area contributed by atoms with Gasteiger partial charge in [-0.3, -0.25) is 0 Å². The summed E-state index contributed by atoms with van der Waals surface area (Å²) in [5.41, 5.74) is 0. The average molecular weight is 224 g/mol. The maximum Gasteiger partial charge on any atom is 0.0935 e. The lowest BCUT2D eigenvalue weighted by molar-refractivity contribution is 0.0439. The van der Waals surface area contributed by atoms with Crippen molar-refractivity contribution in [3.63, 3.8) is 0 Å². The SMILES string of the molecule is Cc1ccc(C(O)C2CC3CCC2O3)s1. The Morgan fingerprint density at radius 3 is 2.87 bits per heavy atom. The van der Waals surface area contributed by atoms with Crippen LogP contribution in [-0.4, -0.2) is 17.3 Å². The Kier molecular flexibility index (Phi) is 2.34. The summed E-state index contributed by atoms with van der Waals surface area (Å²) < 4.78 is 5.78. The smallest absolute Gasteiger partial charge is 0.0935 e. The average Bonchev–Trinajstić information content (AvgIpc) is 2.90. The van der Waals surface area contributed by atoms with Gasteiger partial charge >= 0.3 is 0 Å². The van der Waals surface area contributed by atoms with Gasteiger partial charge in [-0.25, -0.2) is 0 Å². The number of aliphatic hydroxyl groups excluding tert-OH is 1. The first-order valence-electron chi connectivity index (χ1n) is 5.64. The van der Waals surface area contributed by atoms with E-state index in [2.05, 4.69) is 19.1 Å². The van der Waals surface area contributed by atoms with Gasteiger partial charge in [0.1, 0.15) is 0 Å². The molecule has 2 fully saturated rings. The van der Waals surface area contributed by atoms with Crippen molar-refractivity contribution >= 4 is 11.3 Å². The fourth-order valence-electron chi connectivity index (χ4n) is 2.83. The highest BCUT2D eigenvalue weighted by molar-refractivity contribution is 7.12. The van der Waals surface area contributed by atoms with Crippen LogP contribution in [0.25, 0.3) is 0 Å². The van der Waals surface area contributed by atoms with Crippen LogP contribution in [0.3, 0.4) is 0 Å². The van der Waals surface area contributed by atoms with Crippen molar-refractivity contribution in [3.05, 3.63) is 21.9 Å². The van der Waals surface area contributed by atoms with Crippen molar-refractivity contribution < 1.29 is 9.84 Å². The van der Waals surface area contributed by atoms with Crippen LogP contribution in [-0.2, 0) is 4.74 Å². The number of ether oxygens (including phenoxy) is 1. The Labute approximate surface area is 93.9 Å². The molecule has 1 aromatic rings. The molecule has 0 radical (unpaired) electrons. The van der Waals surface area contributed by atoms with E-state index in [1.165, 1.54) is 11.3 Å². The first-order valence-corrected chi connectivity index (χ1v) is 6.45. The molecule has 2 bridgehead atoms. The van der Waals surface area contributed by atoms with E-state index in [1.54, 1.807) is 11.3 Å². The Balaban J connectivity index is 1.77. The molecule has 2 saturated heterocycles. The minimum Gasteiger partial charge on any atom is -0.387 e. The molecule has 0 spiro atoms. The highest BCUT2D eigenvalue weighted by atomic mass is 32.1. The molecular weight excluding hydrogens is 208 g/mol. The highest BCUT2D eigenvalue weighted by Gasteiger charge is 2.44. The summed E-state index contributed by atoms with van der Waals surface area (Å²) in [6, 6.07) is 4.13. The minimum atomic E-state index is -0.306. The zero-order valence-electron chi connectivity index (χ0n) is 8.85. The van der Waals surface area contributed by atoms with Gasteiger partial charge in [-0.05, 0) is 38.3 Å². The monoisotopic (exact) mass is 224 g/mol. The van der Waals surface area contributed by atoms with Gasteiger partial charge in [0.25, 0.3) is 0 Å². The third-order valence-electron chi connectivity index (χ3n) is 3.61. The molecule has 3 rings (SSSR count). The zero-order chi connectivity index (χ0) is 10.4. The molecule has 3 heteroatoms. The molecule has 1 N–H and O–H groups in total. The molecule has 0 amide bonds. The number of aryl methyl sites for hydroxylation is 1. The van der Waals surface area contributed by atoms with Crippen molar-refractivity contribution in [1.29, 1.82) is 0 Å². The number of rotatable bonds is 2. The van der Waals surface area contributed by atoms with Crippen molar-refractivity contribution in [3.8, 4) is 0 Å². The van der Waals surface area contributed by atoms with Gasteiger partial charge in [0.2, 0.25) is 0 Å². The van der Waals surface area contributed by atoms with Gasteiger partial charge in [-0.15, -0.1) is 11.3 Å². The summed E-state index contributed by atoms with van der Waals surface area (Å²) >= 11 is 1.70. The molecule has 3 heterocycles. The third kappa shape index (κ3) is 1.63. The fourth-order valence-corrected chi connectivity index (χ4v) is 3.77. The maximum absolute atomic E-state index is 10.3. The predicted octanol–water partition coefficient (Wildman–Crippen LogP) is 2.66. The molecule has 2 nitrogen and oxygen atoms in total. The van der Waals surface area contributed by atoms with Crippen LogP contribution in [0.4, 0.5) is 0 Å². The van der Waals surface area contributed by atoms with Crippen LogP contribution in [0.15, 0.2) is 12.1 Å². The van der Waals surface area contributed by atoms with Crippen LogP contribution >= 0.6 is 11.3 Å². The van der Waals surface area contributed by atoms with E-state index in [9.17, 15) is 5.11 Å². The van der Waals surface area contributed by atoms with Crippen LogP contribution in [0, 0.1) is 12.8 Å². The summed E-state index contributed by atoms with van der Waals surface area (Å²) in [7, 11) is 0. The van der Waals surface area contributed by atoms with E-state index in [0.717, 1.165) is 17.7 Å². The van der Waals surface area contributed by atoms with Gasteiger partial charge in [0.15, 0.2) is 0 Å². The lowest BCUT2D eigenvalue weighted by Gasteiger charge is -2.23. The Bertz CT molecular complexity index is 360. The number of hydrogen-bond acceptors (Lipinski definition) is 3. The molecule has 0 aromatic carbocycles. The van der Waals surface area contributed by atoms with Gasteiger partial charge in [0, 0.05) is 15.7 Å². The van der Waals surface area contributed by atoms with Crippen LogP contribution in [0.2, 0.25) is 0 Å². The molecule has 2 aliphatic rings. The van der Waals surface area contributed by atoms with Gasteiger partial charge < -0.3 is 9.84 Å². The van der Waals surface area contributed by atoms with Crippen molar-refractivity contribution in [2.24, 2.45) is 5.92 Å². The molecule has 0 aliphatic carbocycles. The second-order valence-corrected chi connectivity index (χ2v) is 5.99. The van der Waals surface area contributed by atoms with Gasteiger partial charge in [-0.2, -0.15) is 0 Å². The molecule has 4 atom stereocenters. The number of thiophene rings is 1. The molecule has 1 aromatic heterocycles. The van der Waals surface area contributed by atoms with Crippen molar-refractivity contribution in [2.75, 3.05) is 0 Å². The molecular formula is C12H16O2S. The minimum absolute atomic E-state index is 0.306. The Morgan fingerprint density at radius 1 is 1.47 bits per heavy atom. The van der Waals surface area contributed by atoms with Crippen molar-refractivity contribution in [2.45, 2.75) is 44.5 Å². The van der Waals surface area contributed by atoms with E-state index < -0.39 is 0 Å². The Hall–Kier alpha value is -0.380. The normalized spacial score (nSPS) is 36.0. The van der Waals surface area contributed by atoms with Gasteiger partial charge in [0.05, 0.1) is 18.3 Å². The number of hydrogen-bond donors (Lipinski definition) is 1. The second kappa shape index (κ2) is 3.58. The largest absolute Gasteiger partial charge is 0.387 e. The first kappa shape index (κ1) is 9.82. The zero-order valence-corrected chi connectivity index (χ0v) is 9.67. The van der Waals surface area contributed by atoms with E-state index in [-0.39, 0.29) is 6.10 Å². The lowest BCUT2D eigenvalue weighted by atomic mass is 9.85. The lowest BCUT2D eigenvalue weighted by Crippen LogP contribution is -2.22. The van der Waals surface area contributed by atoms with Crippen LogP contribution in [0.1, 0.15) is 35.1 Å². The van der Waals surface area contributed by atoms with Crippen LogP contribution in [0.5, 0.6) is 0 Å². The Morgan fingerprint density at radius 2 is 2.33 bits per heavy atom. The quantitative estimate of drug-likeness (QED) is 0.837. The molecule has 2 aliphatic heterocycles. The second-order valence-electron chi connectivity index (χ2n) is 4.67. The topological polar surface area (TPSA) is 29.5 Å². The summed E-state index contributed by atoms with van der Waals surface area (Å²) in [6.07, 6.45) is 3.80. The summed E-state index contributed by atoms with van der Waals surface area (Å²) in [4.78, 5) is 2.38. The maximum atomic E-state index is 10.3. The third-order valence-corrected chi connectivity index (χ3v) is 4.68. The van der Waals surface area contributed by atoms with Crippen molar-refractivity contribution in [1.82, 2.24) is 0 Å². The molecule has 15 heavy (non-hydrogen) atoms. The van der Waals surface area contributed by atoms with E-state index >= 15 is 0 Å². The highest BCUT2D eigenvalue weighted by Crippen LogP contribution is 2.45. The van der Waals surface area contributed by atoms with E-state index in [0.29, 0.717) is 18.1 Å². The summed E-state index contributed by atoms with van der Waals surface area (Å²) in [5, 5.41) is 10.3. The summed E-state index contributed by atoms with van der Waals surface area (Å²) in [6.45, 7) is 2.08. The molecule has 82 valence electrons. The fraction of sp³-hybridized carbons (Fsp3) is 0.667. The summed E-state index contributed by atoms with van der Waals surface area (Å²) in [5.74, 6) is 0.335. The number of fused-ring (bicyclic) bond motifs is 2. The predicted molar refractivity (Wildman–Crippen MR) is 60.0 cm³/mol. The molecule has 4 unspecified atom stereocenters. The van der Waals surface area contributed by atoms with E-state index in [1.807, 2.05) is 0 Å². The van der Waals surface area contributed by atoms with Gasteiger partial charge in [-0.1, -0.05) is 0 Å². The molecule has 0 saturated carbocycles. The first-order chi connectivity index (χ1) is 7.24. The van der Waals surface area contributed by atoms with Crippen LogP contribution < -0.4 is 0 Å². The van der Waals surface area contributed by atoms with E-state index in [4.69, 9.17) is 4.74 Å². The standard InChI is InChI=1S/C12H16O2S/c1-7-2-5-11(15-7)12(13)9-6-8-3-4-10(9)14-8/h2,5,8-10,12-13H,3-4,6H2,1H3. The number of aliphatic hydroxyl groups is 1.